The van der Waals surface area contributed by atoms with Gasteiger partial charge in [0.2, 0.25) is 6.39 Å². The fourth-order valence-electron chi connectivity index (χ4n) is 1.64. The third kappa shape index (κ3) is 4.16. The molecule has 0 aliphatic heterocycles. The van der Waals surface area contributed by atoms with Crippen molar-refractivity contribution in [3.05, 3.63) is 47.1 Å². The summed E-state index contributed by atoms with van der Waals surface area (Å²) in [5.74, 6) is 5.98. The minimum atomic E-state index is -0.231. The average Bonchev–Trinajstić information content (AvgIpc) is 3.00. The Labute approximate surface area is 122 Å². The van der Waals surface area contributed by atoms with Gasteiger partial charge in [0, 0.05) is 17.5 Å². The number of aromatic nitrogens is 2. The highest BCUT2D eigenvalue weighted by atomic mass is 16.5. The van der Waals surface area contributed by atoms with E-state index in [-0.39, 0.29) is 19.1 Å². The molecule has 0 saturated carbocycles. The molecule has 1 amide bonds. The Bertz CT molecular complexity index is 669. The molecule has 1 heterocycles. The van der Waals surface area contributed by atoms with Crippen molar-refractivity contribution >= 4 is 5.91 Å². The number of carbonyl (C=O) groups excluding carboxylic acids is 1. The van der Waals surface area contributed by atoms with Gasteiger partial charge in [-0.05, 0) is 24.6 Å². The number of aryl methyl sites for hydroxylation is 1. The number of benzene rings is 1. The normalized spacial score (nSPS) is 9.81. The van der Waals surface area contributed by atoms with Crippen molar-refractivity contribution < 1.29 is 14.4 Å². The molecule has 0 spiro atoms. The van der Waals surface area contributed by atoms with Crippen molar-refractivity contribution in [3.8, 4) is 11.8 Å². The Hall–Kier alpha value is -2.65. The van der Waals surface area contributed by atoms with E-state index < -0.39 is 0 Å². The van der Waals surface area contributed by atoms with Crippen LogP contribution in [-0.4, -0.2) is 27.8 Å². The Morgan fingerprint density at radius 2 is 2.33 bits per heavy atom. The second kappa shape index (κ2) is 7.22. The van der Waals surface area contributed by atoms with Gasteiger partial charge in [0.25, 0.3) is 5.91 Å². The Morgan fingerprint density at radius 3 is 3.05 bits per heavy atom. The summed E-state index contributed by atoms with van der Waals surface area (Å²) in [7, 11) is 0. The lowest BCUT2D eigenvalue weighted by Gasteiger charge is -2.05. The van der Waals surface area contributed by atoms with E-state index in [0.29, 0.717) is 17.8 Å². The second-order valence-corrected chi connectivity index (χ2v) is 4.34. The highest BCUT2D eigenvalue weighted by molar-refractivity contribution is 5.94. The van der Waals surface area contributed by atoms with Crippen LogP contribution in [0.4, 0.5) is 0 Å². The molecule has 1 aromatic carbocycles. The standard InChI is InChI=1S/C15H15N3O3/c1-11-5-6-13(8-12(11)4-2-3-7-19)15(20)16-9-14-17-10-21-18-14/h5-6,8,10,19H,3,7,9H2,1H3,(H,16,20). The van der Waals surface area contributed by atoms with Gasteiger partial charge in [-0.25, -0.2) is 0 Å². The number of hydrogen-bond donors (Lipinski definition) is 2. The van der Waals surface area contributed by atoms with Crippen molar-refractivity contribution in [3.63, 3.8) is 0 Å². The molecule has 6 heteroatoms. The zero-order chi connectivity index (χ0) is 15.1. The molecule has 0 radical (unpaired) electrons. The molecule has 0 aliphatic carbocycles. The van der Waals surface area contributed by atoms with Gasteiger partial charge >= 0.3 is 0 Å². The topological polar surface area (TPSA) is 88.3 Å². The third-order valence-electron chi connectivity index (χ3n) is 2.77. The van der Waals surface area contributed by atoms with Crippen LogP contribution in [0.15, 0.2) is 29.1 Å². The summed E-state index contributed by atoms with van der Waals surface area (Å²) in [4.78, 5) is 15.9. The van der Waals surface area contributed by atoms with Crippen molar-refractivity contribution in [2.75, 3.05) is 6.61 Å². The van der Waals surface area contributed by atoms with Crippen LogP contribution in [-0.2, 0) is 6.54 Å². The van der Waals surface area contributed by atoms with Gasteiger partial charge in [0.05, 0.1) is 13.2 Å². The predicted octanol–water partition coefficient (Wildman–Crippen LogP) is 1.04. The van der Waals surface area contributed by atoms with Crippen LogP contribution in [0, 0.1) is 18.8 Å². The number of hydrogen-bond acceptors (Lipinski definition) is 5. The van der Waals surface area contributed by atoms with Gasteiger partial charge in [0.15, 0.2) is 5.82 Å². The molecular weight excluding hydrogens is 270 g/mol. The number of aliphatic hydroxyl groups excluding tert-OH is 1. The first kappa shape index (κ1) is 14.8. The van der Waals surface area contributed by atoms with Crippen molar-refractivity contribution in [1.29, 1.82) is 0 Å². The van der Waals surface area contributed by atoms with E-state index in [1.54, 1.807) is 12.1 Å². The maximum Gasteiger partial charge on any atom is 0.251 e. The van der Waals surface area contributed by atoms with Crippen LogP contribution < -0.4 is 5.32 Å². The van der Waals surface area contributed by atoms with E-state index in [9.17, 15) is 4.79 Å². The van der Waals surface area contributed by atoms with Crippen LogP contribution in [0.2, 0.25) is 0 Å². The first-order valence-electron chi connectivity index (χ1n) is 6.44. The monoisotopic (exact) mass is 285 g/mol. The van der Waals surface area contributed by atoms with Crippen LogP contribution >= 0.6 is 0 Å². The van der Waals surface area contributed by atoms with Crippen molar-refractivity contribution in [2.45, 2.75) is 19.9 Å². The number of aliphatic hydroxyl groups is 1. The molecule has 0 unspecified atom stereocenters. The number of amides is 1. The largest absolute Gasteiger partial charge is 0.395 e. The Kier molecular flexibility index (Phi) is 5.07. The van der Waals surface area contributed by atoms with E-state index in [1.807, 2.05) is 13.0 Å². The van der Waals surface area contributed by atoms with Gasteiger partial charge < -0.3 is 14.9 Å². The maximum absolute atomic E-state index is 12.0. The van der Waals surface area contributed by atoms with E-state index >= 15 is 0 Å². The molecule has 108 valence electrons. The lowest BCUT2D eigenvalue weighted by molar-refractivity contribution is 0.0949. The van der Waals surface area contributed by atoms with Crippen LogP contribution in [0.25, 0.3) is 0 Å². The Morgan fingerprint density at radius 1 is 1.48 bits per heavy atom. The molecule has 6 nitrogen and oxygen atoms in total. The predicted molar refractivity (Wildman–Crippen MR) is 75.2 cm³/mol. The number of nitrogens with zero attached hydrogens (tertiary/aromatic N) is 2. The van der Waals surface area contributed by atoms with Crippen molar-refractivity contribution in [1.82, 2.24) is 15.5 Å². The molecule has 1 aromatic heterocycles. The molecule has 0 atom stereocenters. The molecule has 21 heavy (non-hydrogen) atoms. The van der Waals surface area contributed by atoms with Crippen molar-refractivity contribution in [2.24, 2.45) is 0 Å². The van der Waals surface area contributed by atoms with E-state index in [4.69, 9.17) is 5.11 Å². The minimum absolute atomic E-state index is 0.0247. The first-order valence-corrected chi connectivity index (χ1v) is 6.44. The minimum Gasteiger partial charge on any atom is -0.395 e. The molecule has 0 fully saturated rings. The number of rotatable bonds is 4. The SMILES string of the molecule is Cc1ccc(C(=O)NCc2ncon2)cc1C#CCCO. The molecule has 2 aromatic rings. The lowest BCUT2D eigenvalue weighted by atomic mass is 10.0. The number of nitrogens with one attached hydrogen (secondary N) is 1. The third-order valence-corrected chi connectivity index (χ3v) is 2.77. The quantitative estimate of drug-likeness (QED) is 0.819. The highest BCUT2D eigenvalue weighted by Crippen LogP contribution is 2.10. The van der Waals surface area contributed by atoms with Gasteiger partial charge in [0.1, 0.15) is 0 Å². The highest BCUT2D eigenvalue weighted by Gasteiger charge is 2.08. The van der Waals surface area contributed by atoms with Crippen LogP contribution in [0.3, 0.4) is 0 Å². The zero-order valence-electron chi connectivity index (χ0n) is 11.6. The second-order valence-electron chi connectivity index (χ2n) is 4.34. The molecule has 2 N–H and O–H groups in total. The molecule has 0 bridgehead atoms. The fourth-order valence-corrected chi connectivity index (χ4v) is 1.64. The van der Waals surface area contributed by atoms with Gasteiger partial charge in [-0.3, -0.25) is 4.79 Å². The fraction of sp³-hybridized carbons (Fsp3) is 0.267. The molecular formula is C15H15N3O3. The van der Waals surface area contributed by atoms with E-state index in [0.717, 1.165) is 11.1 Å². The zero-order valence-corrected chi connectivity index (χ0v) is 11.6. The summed E-state index contributed by atoms with van der Waals surface area (Å²) < 4.78 is 4.59. The van der Waals surface area contributed by atoms with Gasteiger partial charge in [-0.1, -0.05) is 23.1 Å². The summed E-state index contributed by atoms with van der Waals surface area (Å²) in [6.07, 6.45) is 1.62. The van der Waals surface area contributed by atoms with Gasteiger partial charge in [-0.2, -0.15) is 4.98 Å². The lowest BCUT2D eigenvalue weighted by Crippen LogP contribution is -2.23. The van der Waals surface area contributed by atoms with Crippen LogP contribution in [0.5, 0.6) is 0 Å². The first-order chi connectivity index (χ1) is 10.2. The smallest absolute Gasteiger partial charge is 0.251 e. The summed E-state index contributed by atoms with van der Waals surface area (Å²) in [6, 6.07) is 5.30. The molecule has 2 rings (SSSR count). The number of carbonyl (C=O) groups is 1. The van der Waals surface area contributed by atoms with Gasteiger partial charge in [-0.15, -0.1) is 0 Å². The molecule has 0 saturated heterocycles. The van der Waals surface area contributed by atoms with E-state index in [1.165, 1.54) is 6.39 Å². The van der Waals surface area contributed by atoms with E-state index in [2.05, 4.69) is 31.8 Å². The summed E-state index contributed by atoms with van der Waals surface area (Å²) >= 11 is 0. The van der Waals surface area contributed by atoms with Crippen LogP contribution in [0.1, 0.15) is 33.7 Å². The Balaban J connectivity index is 2.07. The summed E-state index contributed by atoms with van der Waals surface area (Å²) in [5.41, 5.74) is 2.27. The molecule has 0 aliphatic rings. The maximum atomic E-state index is 12.0. The summed E-state index contributed by atoms with van der Waals surface area (Å²) in [5, 5.41) is 15.1. The summed E-state index contributed by atoms with van der Waals surface area (Å²) in [6.45, 7) is 2.15. The average molecular weight is 285 g/mol.